The Morgan fingerprint density at radius 3 is 2.43 bits per heavy atom. The number of nitrogens with one attached hydrogen (secondary N) is 1. The van der Waals surface area contributed by atoms with Gasteiger partial charge in [-0.25, -0.2) is 0 Å². The molecule has 0 aliphatic carbocycles. The zero-order chi connectivity index (χ0) is 15.9. The summed E-state index contributed by atoms with van der Waals surface area (Å²) >= 11 is 6.11. The summed E-state index contributed by atoms with van der Waals surface area (Å²) in [5, 5.41) is 4.51. The molecule has 120 valence electrons. The fourth-order valence-corrected chi connectivity index (χ4v) is 2.75. The van der Waals surface area contributed by atoms with Gasteiger partial charge in [0.15, 0.2) is 0 Å². The van der Waals surface area contributed by atoms with Gasteiger partial charge in [0.25, 0.3) is 0 Å². The number of rotatable bonds is 8. The molecule has 0 amide bonds. The molecule has 0 aliphatic heterocycles. The Bertz CT molecular complexity index is 406. The van der Waals surface area contributed by atoms with E-state index in [-0.39, 0.29) is 5.54 Å². The van der Waals surface area contributed by atoms with E-state index in [0.29, 0.717) is 5.92 Å². The lowest BCUT2D eigenvalue weighted by Gasteiger charge is -2.26. The van der Waals surface area contributed by atoms with E-state index in [0.717, 1.165) is 23.9 Å². The molecule has 1 nitrogen and oxygen atoms in total. The molecule has 1 N–H and O–H groups in total. The Hall–Kier alpha value is -0.530. The molecular weight excluding hydrogens is 278 g/mol. The highest BCUT2D eigenvalue weighted by Gasteiger charge is 2.15. The van der Waals surface area contributed by atoms with Crippen LogP contribution in [0.5, 0.6) is 0 Å². The number of halogens is 1. The smallest absolute Gasteiger partial charge is 0.0408 e. The van der Waals surface area contributed by atoms with Crippen molar-refractivity contribution in [3.05, 3.63) is 34.9 Å². The maximum Gasteiger partial charge on any atom is 0.0408 e. The first-order chi connectivity index (χ1) is 9.76. The van der Waals surface area contributed by atoms with Gasteiger partial charge in [-0.15, -0.1) is 0 Å². The van der Waals surface area contributed by atoms with Crippen LogP contribution in [0.25, 0.3) is 0 Å². The zero-order valence-electron chi connectivity index (χ0n) is 14.4. The molecule has 0 aromatic heterocycles. The first kappa shape index (κ1) is 18.5. The molecule has 1 aromatic rings. The van der Waals surface area contributed by atoms with Crippen LogP contribution in [0.15, 0.2) is 24.3 Å². The molecule has 0 saturated heterocycles. The van der Waals surface area contributed by atoms with Crippen LogP contribution in [-0.2, 0) is 6.42 Å². The highest BCUT2D eigenvalue weighted by molar-refractivity contribution is 6.30. The molecule has 0 aliphatic rings. The Labute approximate surface area is 136 Å². The van der Waals surface area contributed by atoms with Gasteiger partial charge in [0.2, 0.25) is 0 Å². The monoisotopic (exact) mass is 309 g/mol. The largest absolute Gasteiger partial charge is 0.312 e. The van der Waals surface area contributed by atoms with Crippen LogP contribution in [0, 0.1) is 11.8 Å². The minimum atomic E-state index is 0.185. The van der Waals surface area contributed by atoms with Gasteiger partial charge in [-0.3, -0.25) is 0 Å². The molecule has 0 fully saturated rings. The highest BCUT2D eigenvalue weighted by Crippen LogP contribution is 2.20. The predicted molar refractivity (Wildman–Crippen MR) is 95.1 cm³/mol. The Morgan fingerprint density at radius 2 is 1.86 bits per heavy atom. The summed E-state index contributed by atoms with van der Waals surface area (Å²) in [5.74, 6) is 1.48. The van der Waals surface area contributed by atoms with Crippen LogP contribution < -0.4 is 5.32 Å². The lowest BCUT2D eigenvalue weighted by Crippen LogP contribution is -2.39. The summed E-state index contributed by atoms with van der Waals surface area (Å²) in [5.41, 5.74) is 1.54. The highest BCUT2D eigenvalue weighted by atomic mass is 35.5. The van der Waals surface area contributed by atoms with E-state index in [1.807, 2.05) is 6.07 Å². The zero-order valence-corrected chi connectivity index (χ0v) is 15.1. The van der Waals surface area contributed by atoms with Gasteiger partial charge in [0.1, 0.15) is 0 Å². The fourth-order valence-electron chi connectivity index (χ4n) is 2.54. The third kappa shape index (κ3) is 9.16. The van der Waals surface area contributed by atoms with Crippen molar-refractivity contribution >= 4 is 11.6 Å². The SMILES string of the molecule is CC(C)CCCC(CNC(C)(C)C)Cc1cccc(Cl)c1. The lowest BCUT2D eigenvalue weighted by molar-refractivity contribution is 0.344. The summed E-state index contributed by atoms with van der Waals surface area (Å²) in [7, 11) is 0. The molecule has 2 heteroatoms. The van der Waals surface area contributed by atoms with E-state index in [1.54, 1.807) is 0 Å². The van der Waals surface area contributed by atoms with Crippen LogP contribution in [0.3, 0.4) is 0 Å². The van der Waals surface area contributed by atoms with Crippen molar-refractivity contribution in [2.45, 2.75) is 65.8 Å². The molecule has 1 unspecified atom stereocenters. The normalized spacial score (nSPS) is 13.7. The van der Waals surface area contributed by atoms with Gasteiger partial charge in [-0.2, -0.15) is 0 Å². The van der Waals surface area contributed by atoms with Crippen LogP contribution >= 0.6 is 11.6 Å². The predicted octanol–water partition coefficient (Wildman–Crippen LogP) is 5.71. The minimum Gasteiger partial charge on any atom is -0.312 e. The van der Waals surface area contributed by atoms with Gasteiger partial charge < -0.3 is 5.32 Å². The summed E-state index contributed by atoms with van der Waals surface area (Å²) in [6.45, 7) is 12.4. The van der Waals surface area contributed by atoms with E-state index in [4.69, 9.17) is 11.6 Å². The van der Waals surface area contributed by atoms with E-state index in [1.165, 1.54) is 24.8 Å². The van der Waals surface area contributed by atoms with E-state index in [2.05, 4.69) is 58.1 Å². The third-order valence-electron chi connectivity index (χ3n) is 3.73. The summed E-state index contributed by atoms with van der Waals surface area (Å²) < 4.78 is 0. The Kier molecular flexibility index (Phi) is 7.76. The maximum atomic E-state index is 6.11. The van der Waals surface area contributed by atoms with E-state index >= 15 is 0 Å². The second kappa shape index (κ2) is 8.80. The van der Waals surface area contributed by atoms with Crippen molar-refractivity contribution in [1.82, 2.24) is 5.32 Å². The molecule has 1 atom stereocenters. The molecular formula is C19H32ClN. The standard InChI is InChI=1S/C19H32ClN/c1-15(2)8-6-10-17(14-21-19(3,4)5)12-16-9-7-11-18(20)13-16/h7,9,11,13,15,17,21H,6,8,10,12,14H2,1-5H3. The summed E-state index contributed by atoms with van der Waals surface area (Å²) in [6, 6.07) is 8.30. The maximum absolute atomic E-state index is 6.11. The molecule has 0 spiro atoms. The summed E-state index contributed by atoms with van der Waals surface area (Å²) in [4.78, 5) is 0. The number of benzene rings is 1. The van der Waals surface area contributed by atoms with Crippen LogP contribution in [-0.4, -0.2) is 12.1 Å². The molecule has 1 rings (SSSR count). The topological polar surface area (TPSA) is 12.0 Å². The first-order valence-corrected chi connectivity index (χ1v) is 8.63. The summed E-state index contributed by atoms with van der Waals surface area (Å²) in [6.07, 6.45) is 5.03. The molecule has 1 aromatic carbocycles. The van der Waals surface area contributed by atoms with Gasteiger partial charge in [-0.1, -0.05) is 50.4 Å². The van der Waals surface area contributed by atoms with Crippen molar-refractivity contribution < 1.29 is 0 Å². The molecule has 21 heavy (non-hydrogen) atoms. The van der Waals surface area contributed by atoms with Gasteiger partial charge >= 0.3 is 0 Å². The fraction of sp³-hybridized carbons (Fsp3) is 0.684. The van der Waals surface area contributed by atoms with Crippen LogP contribution in [0.4, 0.5) is 0 Å². The van der Waals surface area contributed by atoms with E-state index < -0.39 is 0 Å². The van der Waals surface area contributed by atoms with Crippen molar-refractivity contribution in [2.75, 3.05) is 6.54 Å². The number of hydrogen-bond acceptors (Lipinski definition) is 1. The average molecular weight is 310 g/mol. The average Bonchev–Trinajstić information content (AvgIpc) is 2.34. The van der Waals surface area contributed by atoms with Crippen LogP contribution in [0.1, 0.15) is 59.4 Å². The van der Waals surface area contributed by atoms with Crippen molar-refractivity contribution in [3.8, 4) is 0 Å². The van der Waals surface area contributed by atoms with Gasteiger partial charge in [-0.05, 0) is 69.7 Å². The van der Waals surface area contributed by atoms with E-state index in [9.17, 15) is 0 Å². The first-order valence-electron chi connectivity index (χ1n) is 8.26. The van der Waals surface area contributed by atoms with Gasteiger partial charge in [0, 0.05) is 10.6 Å². The molecule has 0 bridgehead atoms. The van der Waals surface area contributed by atoms with Crippen LogP contribution in [0.2, 0.25) is 5.02 Å². The van der Waals surface area contributed by atoms with Crippen molar-refractivity contribution in [3.63, 3.8) is 0 Å². The van der Waals surface area contributed by atoms with Gasteiger partial charge in [0.05, 0.1) is 0 Å². The molecule has 0 heterocycles. The molecule has 0 radical (unpaired) electrons. The lowest BCUT2D eigenvalue weighted by atomic mass is 9.91. The quantitative estimate of drug-likeness (QED) is 0.648. The van der Waals surface area contributed by atoms with Crippen molar-refractivity contribution in [2.24, 2.45) is 11.8 Å². The van der Waals surface area contributed by atoms with Crippen molar-refractivity contribution in [1.29, 1.82) is 0 Å². The minimum absolute atomic E-state index is 0.185. The Balaban J connectivity index is 2.57. The number of hydrogen-bond donors (Lipinski definition) is 1. The second-order valence-corrected chi connectivity index (χ2v) is 8.09. The molecule has 0 saturated carbocycles. The second-order valence-electron chi connectivity index (χ2n) is 7.66. The Morgan fingerprint density at radius 1 is 1.14 bits per heavy atom. The third-order valence-corrected chi connectivity index (χ3v) is 3.96.